The van der Waals surface area contributed by atoms with Crippen LogP contribution >= 0.6 is 11.3 Å². The van der Waals surface area contributed by atoms with E-state index in [1.54, 1.807) is 11.6 Å². The summed E-state index contributed by atoms with van der Waals surface area (Å²) in [6, 6.07) is -0.150. The first-order valence-corrected chi connectivity index (χ1v) is 10.7. The maximum Gasteiger partial charge on any atom is 0.278 e. The van der Waals surface area contributed by atoms with E-state index < -0.39 is 9.84 Å². The van der Waals surface area contributed by atoms with Crippen LogP contribution in [0.15, 0.2) is 11.6 Å². The average Bonchev–Trinajstić information content (AvgIpc) is 3.25. The molecule has 4 rings (SSSR count). The van der Waals surface area contributed by atoms with Crippen molar-refractivity contribution in [3.05, 3.63) is 28.5 Å². The van der Waals surface area contributed by atoms with Crippen LogP contribution in [-0.4, -0.2) is 40.6 Å². The lowest BCUT2D eigenvalue weighted by Gasteiger charge is -2.17. The van der Waals surface area contributed by atoms with Crippen molar-refractivity contribution in [2.45, 2.75) is 38.1 Å². The van der Waals surface area contributed by atoms with Gasteiger partial charge in [0, 0.05) is 22.8 Å². The molecule has 1 N–H and O–H groups in total. The van der Waals surface area contributed by atoms with Crippen molar-refractivity contribution in [2.75, 3.05) is 16.8 Å². The van der Waals surface area contributed by atoms with Gasteiger partial charge in [0.1, 0.15) is 0 Å². The van der Waals surface area contributed by atoms with E-state index >= 15 is 0 Å². The van der Waals surface area contributed by atoms with Crippen LogP contribution in [0.4, 0.5) is 5.13 Å². The molecule has 2 aliphatic rings. The molecule has 24 heavy (non-hydrogen) atoms. The van der Waals surface area contributed by atoms with Gasteiger partial charge < -0.3 is 0 Å². The Hall–Kier alpha value is -1.74. The second kappa shape index (κ2) is 5.96. The molecular weight excluding hydrogens is 348 g/mol. The Morgan fingerprint density at radius 1 is 1.33 bits per heavy atom. The first kappa shape index (κ1) is 15.8. The Kier molecular flexibility index (Phi) is 3.92. The molecule has 9 heteroatoms. The molecule has 0 bridgehead atoms. The summed E-state index contributed by atoms with van der Waals surface area (Å²) in [6.45, 7) is 0. The fraction of sp³-hybridized carbons (Fsp3) is 0.533. The molecule has 1 fully saturated rings. The number of aromatic nitrogens is 3. The summed E-state index contributed by atoms with van der Waals surface area (Å²) in [5.74, 6) is 0.0597. The number of carbonyl (C=O) groups is 1. The molecule has 1 amide bonds. The second-order valence-corrected chi connectivity index (χ2v) is 9.40. The number of thiazole rings is 1. The third-order valence-corrected chi connectivity index (χ3v) is 7.07. The number of fused-ring (bicyclic) bond motifs is 1. The third-order valence-electron chi connectivity index (χ3n) is 4.63. The zero-order chi connectivity index (χ0) is 16.7. The summed E-state index contributed by atoms with van der Waals surface area (Å²) in [7, 11) is -2.99. The standard InChI is InChI=1S/C15H18N4O3S2/c20-14(17-15-16-6-7-23-15)13-11-3-1-2-4-12(11)19(18-13)10-5-8-24(21,22)9-10/h6-7,10H,1-5,8-9H2,(H,16,17,20)/t10-/m0/s1. The normalized spacial score (nSPS) is 22.2. The lowest BCUT2D eigenvalue weighted by Crippen LogP contribution is -2.17. The van der Waals surface area contributed by atoms with Gasteiger partial charge in [0.05, 0.1) is 17.5 Å². The highest BCUT2D eigenvalue weighted by Crippen LogP contribution is 2.31. The Morgan fingerprint density at radius 2 is 2.17 bits per heavy atom. The number of amides is 1. The zero-order valence-electron chi connectivity index (χ0n) is 13.1. The van der Waals surface area contributed by atoms with Gasteiger partial charge in [-0.3, -0.25) is 14.8 Å². The maximum atomic E-state index is 12.6. The van der Waals surface area contributed by atoms with Crippen molar-refractivity contribution in [3.8, 4) is 0 Å². The lowest BCUT2D eigenvalue weighted by molar-refractivity contribution is 0.102. The molecule has 2 aromatic rings. The number of carbonyl (C=O) groups excluding carboxylic acids is 1. The van der Waals surface area contributed by atoms with Gasteiger partial charge in [0.25, 0.3) is 5.91 Å². The van der Waals surface area contributed by atoms with Gasteiger partial charge in [0.15, 0.2) is 20.7 Å². The van der Waals surface area contributed by atoms with E-state index in [2.05, 4.69) is 15.4 Å². The number of nitrogens with one attached hydrogen (secondary N) is 1. The molecule has 1 aliphatic heterocycles. The highest BCUT2D eigenvalue weighted by Gasteiger charge is 2.34. The van der Waals surface area contributed by atoms with E-state index in [1.807, 2.05) is 4.68 Å². The van der Waals surface area contributed by atoms with Crippen LogP contribution in [0.3, 0.4) is 0 Å². The maximum absolute atomic E-state index is 12.6. The van der Waals surface area contributed by atoms with E-state index in [1.165, 1.54) is 11.3 Å². The Bertz CT molecular complexity index is 871. The van der Waals surface area contributed by atoms with Gasteiger partial charge in [-0.25, -0.2) is 13.4 Å². The summed E-state index contributed by atoms with van der Waals surface area (Å²) in [6.07, 6.45) is 5.95. The highest BCUT2D eigenvalue weighted by atomic mass is 32.2. The molecule has 0 unspecified atom stereocenters. The zero-order valence-corrected chi connectivity index (χ0v) is 14.7. The number of rotatable bonds is 3. The predicted molar refractivity (Wildman–Crippen MR) is 91.2 cm³/mol. The number of hydrogen-bond donors (Lipinski definition) is 1. The van der Waals surface area contributed by atoms with Crippen molar-refractivity contribution in [1.29, 1.82) is 0 Å². The Labute approximate surface area is 144 Å². The van der Waals surface area contributed by atoms with Crippen LogP contribution in [0, 0.1) is 0 Å². The van der Waals surface area contributed by atoms with Crippen LogP contribution in [0.5, 0.6) is 0 Å². The van der Waals surface area contributed by atoms with Crippen molar-refractivity contribution in [3.63, 3.8) is 0 Å². The molecular formula is C15H18N4O3S2. The molecule has 0 radical (unpaired) electrons. The quantitative estimate of drug-likeness (QED) is 0.894. The smallest absolute Gasteiger partial charge is 0.278 e. The largest absolute Gasteiger partial charge is 0.296 e. The summed E-state index contributed by atoms with van der Waals surface area (Å²) in [5, 5.41) is 9.66. The average molecular weight is 366 g/mol. The molecule has 0 aromatic carbocycles. The minimum absolute atomic E-state index is 0.120. The van der Waals surface area contributed by atoms with Gasteiger partial charge in [-0.15, -0.1) is 11.3 Å². The fourth-order valence-electron chi connectivity index (χ4n) is 3.52. The van der Waals surface area contributed by atoms with E-state index in [4.69, 9.17) is 0 Å². The first-order chi connectivity index (χ1) is 11.5. The number of anilines is 1. The van der Waals surface area contributed by atoms with E-state index in [-0.39, 0.29) is 23.5 Å². The molecule has 1 aliphatic carbocycles. The van der Waals surface area contributed by atoms with E-state index in [0.29, 0.717) is 17.2 Å². The van der Waals surface area contributed by atoms with Crippen molar-refractivity contribution in [1.82, 2.24) is 14.8 Å². The number of sulfone groups is 1. The van der Waals surface area contributed by atoms with Crippen LogP contribution < -0.4 is 5.32 Å². The molecule has 0 saturated carbocycles. The number of hydrogen-bond acceptors (Lipinski definition) is 6. The molecule has 2 aromatic heterocycles. The summed E-state index contributed by atoms with van der Waals surface area (Å²) >= 11 is 1.36. The molecule has 7 nitrogen and oxygen atoms in total. The van der Waals surface area contributed by atoms with Gasteiger partial charge in [-0.1, -0.05) is 0 Å². The van der Waals surface area contributed by atoms with Crippen LogP contribution in [0.25, 0.3) is 0 Å². The Balaban J connectivity index is 1.69. The summed E-state index contributed by atoms with van der Waals surface area (Å²) in [5.41, 5.74) is 2.43. The first-order valence-electron chi connectivity index (χ1n) is 8.05. The number of nitrogens with zero attached hydrogens (tertiary/aromatic N) is 3. The van der Waals surface area contributed by atoms with E-state index in [0.717, 1.165) is 36.9 Å². The van der Waals surface area contributed by atoms with Crippen molar-refractivity contribution >= 4 is 32.2 Å². The van der Waals surface area contributed by atoms with Crippen LogP contribution in [0.1, 0.15) is 47.1 Å². The van der Waals surface area contributed by atoms with Crippen LogP contribution in [-0.2, 0) is 22.7 Å². The minimum atomic E-state index is -2.99. The molecule has 0 spiro atoms. The van der Waals surface area contributed by atoms with Gasteiger partial charge in [-0.05, 0) is 32.1 Å². The molecule has 128 valence electrons. The Morgan fingerprint density at radius 3 is 2.88 bits per heavy atom. The van der Waals surface area contributed by atoms with Gasteiger partial charge in [0.2, 0.25) is 0 Å². The van der Waals surface area contributed by atoms with Crippen molar-refractivity contribution < 1.29 is 13.2 Å². The minimum Gasteiger partial charge on any atom is -0.296 e. The van der Waals surface area contributed by atoms with E-state index in [9.17, 15) is 13.2 Å². The van der Waals surface area contributed by atoms with Gasteiger partial charge >= 0.3 is 0 Å². The fourth-order valence-corrected chi connectivity index (χ4v) is 5.74. The van der Waals surface area contributed by atoms with Crippen molar-refractivity contribution in [2.24, 2.45) is 0 Å². The topological polar surface area (TPSA) is 93.9 Å². The molecule has 1 saturated heterocycles. The molecule has 3 heterocycles. The monoisotopic (exact) mass is 366 g/mol. The van der Waals surface area contributed by atoms with Crippen LogP contribution in [0.2, 0.25) is 0 Å². The lowest BCUT2D eigenvalue weighted by atomic mass is 9.95. The van der Waals surface area contributed by atoms with Gasteiger partial charge in [-0.2, -0.15) is 5.10 Å². The summed E-state index contributed by atoms with van der Waals surface area (Å²) < 4.78 is 25.4. The third kappa shape index (κ3) is 2.86. The highest BCUT2D eigenvalue weighted by molar-refractivity contribution is 7.91. The SMILES string of the molecule is O=C(Nc1nccs1)c1nn([C@H]2CCS(=O)(=O)C2)c2c1CCCC2. The molecule has 1 atom stereocenters. The summed E-state index contributed by atoms with van der Waals surface area (Å²) in [4.78, 5) is 16.7. The predicted octanol–water partition coefficient (Wildman–Crippen LogP) is 1.83. The second-order valence-electron chi connectivity index (χ2n) is 6.27.